The minimum atomic E-state index is 0.779. The van der Waals surface area contributed by atoms with E-state index in [1.807, 2.05) is 43.1 Å². The number of nitrogens with zero attached hydrogens (tertiary/aromatic N) is 4. The van der Waals surface area contributed by atoms with Crippen molar-refractivity contribution >= 4 is 0 Å². The minimum Gasteiger partial charge on any atom is -0.339 e. The van der Waals surface area contributed by atoms with E-state index in [0.29, 0.717) is 0 Å². The highest BCUT2D eigenvalue weighted by Crippen LogP contribution is 2.17. The Morgan fingerprint density at radius 1 is 1.14 bits per heavy atom. The summed E-state index contributed by atoms with van der Waals surface area (Å²) < 4.78 is 2.12. The summed E-state index contributed by atoms with van der Waals surface area (Å²) in [5, 5.41) is 0. The van der Waals surface area contributed by atoms with Gasteiger partial charge in [0.2, 0.25) is 0 Å². The molecule has 0 saturated heterocycles. The van der Waals surface area contributed by atoms with Gasteiger partial charge in [0, 0.05) is 37.8 Å². The van der Waals surface area contributed by atoms with Crippen molar-refractivity contribution in [2.24, 2.45) is 0 Å². The fourth-order valence-electron chi connectivity index (χ4n) is 2.31. The molecule has 0 bridgehead atoms. The van der Waals surface area contributed by atoms with Crippen LogP contribution >= 0.6 is 0 Å². The van der Waals surface area contributed by atoms with E-state index in [-0.39, 0.29) is 0 Å². The predicted molar refractivity (Wildman–Crippen MR) is 81.8 cm³/mol. The predicted octanol–water partition coefficient (Wildman–Crippen LogP) is 3.06. The smallest absolute Gasteiger partial charge is 0.158 e. The van der Waals surface area contributed by atoms with E-state index in [0.717, 1.165) is 36.7 Å². The molecular weight excluding hydrogens is 262 g/mol. The van der Waals surface area contributed by atoms with Crippen LogP contribution in [-0.2, 0) is 13.0 Å². The first kappa shape index (κ1) is 13.5. The molecule has 0 amide bonds. The normalized spacial score (nSPS) is 10.9. The molecule has 5 nitrogen and oxygen atoms in total. The fraction of sp³-hybridized carbons (Fsp3) is 0.312. The summed E-state index contributed by atoms with van der Waals surface area (Å²) in [4.78, 5) is 16.3. The summed E-state index contributed by atoms with van der Waals surface area (Å²) in [7, 11) is 0. The maximum atomic E-state index is 4.45. The quantitative estimate of drug-likeness (QED) is 0.755. The Morgan fingerprint density at radius 2 is 2.00 bits per heavy atom. The lowest BCUT2D eigenvalue weighted by atomic mass is 10.2. The molecule has 0 saturated carbocycles. The van der Waals surface area contributed by atoms with Gasteiger partial charge in [-0.25, -0.2) is 9.97 Å². The summed E-state index contributed by atoms with van der Waals surface area (Å²) in [6.45, 7) is 2.96. The second-order valence-electron chi connectivity index (χ2n) is 5.08. The molecule has 3 aromatic heterocycles. The standard InChI is InChI=1S/C16H19N5/c1-2-3-4-15-19-11-14(20-15)16-18-9-10-21(16)12-13-5-7-17-8-6-13/h5-11H,2-4,12H2,1H3,(H,19,20). The van der Waals surface area contributed by atoms with E-state index in [9.17, 15) is 0 Å². The van der Waals surface area contributed by atoms with E-state index in [1.165, 1.54) is 12.0 Å². The molecular formula is C16H19N5. The number of H-pyrrole nitrogens is 1. The Morgan fingerprint density at radius 3 is 2.81 bits per heavy atom. The molecule has 0 aromatic carbocycles. The van der Waals surface area contributed by atoms with Crippen LogP contribution < -0.4 is 0 Å². The van der Waals surface area contributed by atoms with Crippen LogP contribution in [0.15, 0.2) is 43.1 Å². The van der Waals surface area contributed by atoms with Crippen molar-refractivity contribution in [2.45, 2.75) is 32.7 Å². The van der Waals surface area contributed by atoms with Gasteiger partial charge in [-0.15, -0.1) is 0 Å². The number of unbranched alkanes of at least 4 members (excludes halogenated alkanes) is 1. The number of aromatic nitrogens is 5. The summed E-state index contributed by atoms with van der Waals surface area (Å²) in [6, 6.07) is 4.03. The number of aromatic amines is 1. The van der Waals surface area contributed by atoms with Crippen molar-refractivity contribution in [1.82, 2.24) is 24.5 Å². The average molecular weight is 281 g/mol. The molecule has 1 N–H and O–H groups in total. The van der Waals surface area contributed by atoms with E-state index in [4.69, 9.17) is 0 Å². The lowest BCUT2D eigenvalue weighted by Crippen LogP contribution is -2.01. The van der Waals surface area contributed by atoms with Crippen molar-refractivity contribution in [3.05, 3.63) is 54.5 Å². The number of pyridine rings is 1. The molecule has 108 valence electrons. The summed E-state index contributed by atoms with van der Waals surface area (Å²) in [6.07, 6.45) is 12.6. The highest BCUT2D eigenvalue weighted by atomic mass is 15.1. The first-order valence-corrected chi connectivity index (χ1v) is 7.31. The second-order valence-corrected chi connectivity index (χ2v) is 5.08. The molecule has 0 unspecified atom stereocenters. The molecule has 0 atom stereocenters. The number of aryl methyl sites for hydroxylation is 1. The number of rotatable bonds is 6. The van der Waals surface area contributed by atoms with Gasteiger partial charge in [0.05, 0.1) is 6.20 Å². The summed E-state index contributed by atoms with van der Waals surface area (Å²) in [5.41, 5.74) is 2.18. The van der Waals surface area contributed by atoms with Crippen LogP contribution in [0.5, 0.6) is 0 Å². The highest BCUT2D eigenvalue weighted by Gasteiger charge is 2.09. The Kier molecular flexibility index (Phi) is 4.09. The highest BCUT2D eigenvalue weighted by molar-refractivity contribution is 5.49. The van der Waals surface area contributed by atoms with Gasteiger partial charge in [0.1, 0.15) is 11.5 Å². The summed E-state index contributed by atoms with van der Waals surface area (Å²) in [5.74, 6) is 1.95. The maximum Gasteiger partial charge on any atom is 0.158 e. The van der Waals surface area contributed by atoms with Gasteiger partial charge in [-0.05, 0) is 24.1 Å². The van der Waals surface area contributed by atoms with Gasteiger partial charge in [-0.2, -0.15) is 0 Å². The van der Waals surface area contributed by atoms with Gasteiger partial charge in [0.25, 0.3) is 0 Å². The number of imidazole rings is 2. The number of hydrogen-bond donors (Lipinski definition) is 1. The van der Waals surface area contributed by atoms with Crippen molar-refractivity contribution in [3.63, 3.8) is 0 Å². The molecule has 0 spiro atoms. The zero-order chi connectivity index (χ0) is 14.5. The van der Waals surface area contributed by atoms with E-state index in [2.05, 4.69) is 31.4 Å². The maximum absolute atomic E-state index is 4.45. The monoisotopic (exact) mass is 281 g/mol. The minimum absolute atomic E-state index is 0.779. The molecule has 0 aliphatic heterocycles. The molecule has 21 heavy (non-hydrogen) atoms. The Hall–Kier alpha value is -2.43. The van der Waals surface area contributed by atoms with Crippen molar-refractivity contribution in [3.8, 4) is 11.5 Å². The van der Waals surface area contributed by atoms with Gasteiger partial charge in [0.15, 0.2) is 5.82 Å². The van der Waals surface area contributed by atoms with Crippen LogP contribution in [0.3, 0.4) is 0 Å². The molecule has 5 heteroatoms. The van der Waals surface area contributed by atoms with Gasteiger partial charge >= 0.3 is 0 Å². The molecule has 0 fully saturated rings. The van der Waals surface area contributed by atoms with E-state index >= 15 is 0 Å². The van der Waals surface area contributed by atoms with Crippen molar-refractivity contribution in [1.29, 1.82) is 0 Å². The van der Waals surface area contributed by atoms with Gasteiger partial charge in [-0.1, -0.05) is 13.3 Å². The lowest BCUT2D eigenvalue weighted by molar-refractivity contribution is 0.761. The first-order valence-electron chi connectivity index (χ1n) is 7.31. The second kappa shape index (κ2) is 6.35. The zero-order valence-corrected chi connectivity index (χ0v) is 12.2. The lowest BCUT2D eigenvalue weighted by Gasteiger charge is -2.06. The third-order valence-electron chi connectivity index (χ3n) is 3.45. The Bertz CT molecular complexity index is 684. The van der Waals surface area contributed by atoms with Crippen LogP contribution in [0.4, 0.5) is 0 Å². The molecule has 0 aliphatic rings. The van der Waals surface area contributed by atoms with Crippen LogP contribution in [0, 0.1) is 0 Å². The number of nitrogens with one attached hydrogen (secondary N) is 1. The molecule has 0 aliphatic carbocycles. The third kappa shape index (κ3) is 3.18. The van der Waals surface area contributed by atoms with Crippen LogP contribution in [0.25, 0.3) is 11.5 Å². The Balaban J connectivity index is 1.80. The van der Waals surface area contributed by atoms with Gasteiger partial charge < -0.3 is 9.55 Å². The molecule has 0 radical (unpaired) electrons. The van der Waals surface area contributed by atoms with Crippen LogP contribution in [0.1, 0.15) is 31.2 Å². The number of hydrogen-bond acceptors (Lipinski definition) is 3. The zero-order valence-electron chi connectivity index (χ0n) is 12.2. The van der Waals surface area contributed by atoms with Gasteiger partial charge in [-0.3, -0.25) is 4.98 Å². The van der Waals surface area contributed by atoms with Crippen molar-refractivity contribution < 1.29 is 0 Å². The topological polar surface area (TPSA) is 59.4 Å². The third-order valence-corrected chi connectivity index (χ3v) is 3.45. The fourth-order valence-corrected chi connectivity index (χ4v) is 2.31. The molecule has 3 aromatic rings. The van der Waals surface area contributed by atoms with Crippen molar-refractivity contribution in [2.75, 3.05) is 0 Å². The largest absolute Gasteiger partial charge is 0.339 e. The SMILES string of the molecule is CCCCc1ncc(-c2nccn2Cc2ccncc2)[nH]1. The summed E-state index contributed by atoms with van der Waals surface area (Å²) >= 11 is 0. The van der Waals surface area contributed by atoms with Crippen LogP contribution in [-0.4, -0.2) is 24.5 Å². The molecule has 3 heterocycles. The van der Waals surface area contributed by atoms with E-state index in [1.54, 1.807) is 0 Å². The average Bonchev–Trinajstić information content (AvgIpc) is 3.15. The molecule has 3 rings (SSSR count). The van der Waals surface area contributed by atoms with Crippen LogP contribution in [0.2, 0.25) is 0 Å². The first-order chi connectivity index (χ1) is 10.4. The van der Waals surface area contributed by atoms with E-state index < -0.39 is 0 Å². The Labute approximate surface area is 124 Å².